The first-order valence-corrected chi connectivity index (χ1v) is 7.27. The highest BCUT2D eigenvalue weighted by Crippen LogP contribution is 2.34. The highest BCUT2D eigenvalue weighted by atomic mass is 16.5. The molecular weight excluding hydrogens is 252 g/mol. The largest absolute Gasteiger partial charge is 0.495 e. The van der Waals surface area contributed by atoms with Crippen LogP contribution in [-0.4, -0.2) is 35.6 Å². The normalized spacial score (nSPS) is 15.9. The molecule has 0 spiro atoms. The summed E-state index contributed by atoms with van der Waals surface area (Å²) in [6.07, 6.45) is 4.54. The summed E-state index contributed by atoms with van der Waals surface area (Å²) in [4.78, 5) is 6.67. The van der Waals surface area contributed by atoms with Crippen molar-refractivity contribution in [2.45, 2.75) is 45.7 Å². The van der Waals surface area contributed by atoms with Crippen LogP contribution < -0.4 is 16.0 Å². The Labute approximate surface area is 122 Å². The molecule has 5 nitrogen and oxygen atoms in total. The van der Waals surface area contributed by atoms with Crippen LogP contribution in [0, 0.1) is 0 Å². The van der Waals surface area contributed by atoms with Crippen molar-refractivity contribution < 1.29 is 4.74 Å². The lowest BCUT2D eigenvalue weighted by molar-refractivity contribution is 0.0696. The van der Waals surface area contributed by atoms with Gasteiger partial charge in [0.2, 0.25) is 0 Å². The second kappa shape index (κ2) is 7.57. The van der Waals surface area contributed by atoms with Crippen LogP contribution in [0.15, 0.2) is 18.5 Å². The molecule has 5 heteroatoms. The van der Waals surface area contributed by atoms with Crippen molar-refractivity contribution in [1.82, 2.24) is 15.3 Å². The molecule has 0 saturated carbocycles. The minimum Gasteiger partial charge on any atom is -0.495 e. The number of rotatable bonds is 8. The Hall–Kier alpha value is -1.17. The Morgan fingerprint density at radius 2 is 2.00 bits per heavy atom. The number of hydrogen-bond donors (Lipinski definition) is 2. The van der Waals surface area contributed by atoms with Gasteiger partial charge in [-0.25, -0.2) is 0 Å². The molecule has 0 amide bonds. The van der Waals surface area contributed by atoms with E-state index in [0.717, 1.165) is 30.8 Å². The third-order valence-electron chi connectivity index (χ3n) is 4.29. The summed E-state index contributed by atoms with van der Waals surface area (Å²) < 4.78 is 5.26. The fourth-order valence-electron chi connectivity index (χ4n) is 2.90. The van der Waals surface area contributed by atoms with Crippen molar-refractivity contribution in [2.75, 3.05) is 20.2 Å². The number of nitrogens with zero attached hydrogens (tertiary/aromatic N) is 2. The number of pyridine rings is 1. The molecule has 0 aliphatic carbocycles. The van der Waals surface area contributed by atoms with Gasteiger partial charge in [-0.15, -0.1) is 0 Å². The van der Waals surface area contributed by atoms with Gasteiger partial charge in [-0.3, -0.25) is 21.2 Å². The number of hydrazine groups is 1. The van der Waals surface area contributed by atoms with Gasteiger partial charge in [-0.05, 0) is 38.1 Å². The van der Waals surface area contributed by atoms with E-state index in [2.05, 4.69) is 43.0 Å². The van der Waals surface area contributed by atoms with E-state index in [-0.39, 0.29) is 11.6 Å². The van der Waals surface area contributed by atoms with E-state index in [1.54, 1.807) is 13.3 Å². The van der Waals surface area contributed by atoms with Gasteiger partial charge < -0.3 is 4.74 Å². The Balaban J connectivity index is 3.19. The smallest absolute Gasteiger partial charge is 0.137 e. The summed E-state index contributed by atoms with van der Waals surface area (Å²) >= 11 is 0. The van der Waals surface area contributed by atoms with E-state index in [1.807, 2.05) is 12.3 Å². The first-order chi connectivity index (χ1) is 9.57. The molecule has 0 aliphatic rings. The Morgan fingerprint density at radius 3 is 2.45 bits per heavy atom. The standard InChI is InChI=1S/C15H28N4O/c1-6-15(4,19(7-2)8-3)14(18-16)12-9-13(20-5)11-17-10-12/h9-11,14,18H,6-8,16H2,1-5H3. The molecule has 1 heterocycles. The second-order valence-electron chi connectivity index (χ2n) is 5.14. The molecule has 0 saturated heterocycles. The van der Waals surface area contributed by atoms with Crippen molar-refractivity contribution in [3.8, 4) is 5.75 Å². The van der Waals surface area contributed by atoms with Gasteiger partial charge in [0.25, 0.3) is 0 Å². The van der Waals surface area contributed by atoms with Crippen molar-refractivity contribution in [1.29, 1.82) is 0 Å². The van der Waals surface area contributed by atoms with Gasteiger partial charge in [-0.1, -0.05) is 20.8 Å². The lowest BCUT2D eigenvalue weighted by atomic mass is 9.83. The predicted octanol–water partition coefficient (Wildman–Crippen LogP) is 2.11. The summed E-state index contributed by atoms with van der Waals surface area (Å²) in [7, 11) is 1.65. The van der Waals surface area contributed by atoms with Crippen molar-refractivity contribution >= 4 is 0 Å². The summed E-state index contributed by atoms with van der Waals surface area (Å²) in [5.41, 5.74) is 3.94. The number of nitrogens with two attached hydrogens (primary N) is 1. The number of ether oxygens (including phenoxy) is 1. The van der Waals surface area contributed by atoms with Crippen LogP contribution in [0.25, 0.3) is 0 Å². The summed E-state index contributed by atoms with van der Waals surface area (Å²) in [6.45, 7) is 10.7. The fourth-order valence-corrected chi connectivity index (χ4v) is 2.90. The SMILES string of the molecule is CCN(CC)C(C)(CC)C(NN)c1cncc(OC)c1. The number of nitrogens with one attached hydrogen (secondary N) is 1. The Morgan fingerprint density at radius 1 is 1.35 bits per heavy atom. The average Bonchev–Trinajstić information content (AvgIpc) is 2.49. The molecule has 0 fully saturated rings. The zero-order chi connectivity index (χ0) is 15.2. The summed E-state index contributed by atoms with van der Waals surface area (Å²) in [5.74, 6) is 6.61. The molecule has 0 bridgehead atoms. The van der Waals surface area contributed by atoms with Gasteiger partial charge in [0.05, 0.1) is 19.3 Å². The number of aromatic nitrogens is 1. The van der Waals surface area contributed by atoms with Crippen LogP contribution in [-0.2, 0) is 0 Å². The quantitative estimate of drug-likeness (QED) is 0.564. The van der Waals surface area contributed by atoms with E-state index in [0.29, 0.717) is 0 Å². The van der Waals surface area contributed by atoms with Crippen LogP contribution in [0.4, 0.5) is 0 Å². The van der Waals surface area contributed by atoms with E-state index >= 15 is 0 Å². The average molecular weight is 280 g/mol. The van der Waals surface area contributed by atoms with Crippen molar-refractivity contribution in [3.05, 3.63) is 24.0 Å². The van der Waals surface area contributed by atoms with E-state index < -0.39 is 0 Å². The zero-order valence-corrected chi connectivity index (χ0v) is 13.3. The molecule has 114 valence electrons. The summed E-state index contributed by atoms with van der Waals surface area (Å²) in [5, 5.41) is 0. The molecule has 2 unspecified atom stereocenters. The maximum absolute atomic E-state index is 5.86. The molecule has 0 aliphatic heterocycles. The topological polar surface area (TPSA) is 63.4 Å². The van der Waals surface area contributed by atoms with Gasteiger partial charge >= 0.3 is 0 Å². The molecule has 0 aromatic carbocycles. The van der Waals surface area contributed by atoms with E-state index in [9.17, 15) is 0 Å². The number of likely N-dealkylation sites (N-methyl/N-ethyl adjacent to an activating group) is 1. The Kier molecular flexibility index (Phi) is 6.39. The molecule has 1 aromatic rings. The van der Waals surface area contributed by atoms with Crippen molar-refractivity contribution in [2.24, 2.45) is 5.84 Å². The molecule has 1 rings (SSSR count). The van der Waals surface area contributed by atoms with Gasteiger partial charge in [0.1, 0.15) is 5.75 Å². The molecule has 1 aromatic heterocycles. The monoisotopic (exact) mass is 280 g/mol. The molecule has 20 heavy (non-hydrogen) atoms. The number of methoxy groups -OCH3 is 1. The van der Waals surface area contributed by atoms with E-state index in [1.165, 1.54) is 0 Å². The van der Waals surface area contributed by atoms with Gasteiger partial charge in [0, 0.05) is 11.7 Å². The highest BCUT2D eigenvalue weighted by Gasteiger charge is 2.37. The lowest BCUT2D eigenvalue weighted by Crippen LogP contribution is -2.55. The minimum absolute atomic E-state index is 0.00463. The summed E-state index contributed by atoms with van der Waals surface area (Å²) in [6, 6.07) is 1.99. The van der Waals surface area contributed by atoms with Crippen LogP contribution in [0.3, 0.4) is 0 Å². The van der Waals surface area contributed by atoms with Gasteiger partial charge in [0.15, 0.2) is 0 Å². The minimum atomic E-state index is -0.0771. The molecular formula is C15H28N4O. The molecule has 3 N–H and O–H groups in total. The highest BCUT2D eigenvalue weighted by molar-refractivity contribution is 5.28. The van der Waals surface area contributed by atoms with Crippen LogP contribution >= 0.6 is 0 Å². The lowest BCUT2D eigenvalue weighted by Gasteiger charge is -2.45. The van der Waals surface area contributed by atoms with Crippen LogP contribution in [0.2, 0.25) is 0 Å². The first-order valence-electron chi connectivity index (χ1n) is 7.27. The van der Waals surface area contributed by atoms with Crippen LogP contribution in [0.1, 0.15) is 45.7 Å². The molecule has 2 atom stereocenters. The predicted molar refractivity (Wildman–Crippen MR) is 82.5 cm³/mol. The van der Waals surface area contributed by atoms with E-state index in [4.69, 9.17) is 10.6 Å². The third-order valence-corrected chi connectivity index (χ3v) is 4.29. The fraction of sp³-hybridized carbons (Fsp3) is 0.667. The Bertz CT molecular complexity index is 409. The molecule has 0 radical (unpaired) electrons. The maximum Gasteiger partial charge on any atom is 0.137 e. The van der Waals surface area contributed by atoms with Crippen molar-refractivity contribution in [3.63, 3.8) is 0 Å². The second-order valence-corrected chi connectivity index (χ2v) is 5.14. The number of hydrogen-bond acceptors (Lipinski definition) is 5. The van der Waals surface area contributed by atoms with Crippen LogP contribution in [0.5, 0.6) is 5.75 Å². The van der Waals surface area contributed by atoms with Gasteiger partial charge in [-0.2, -0.15) is 0 Å². The first kappa shape index (κ1) is 16.9. The third kappa shape index (κ3) is 3.29. The zero-order valence-electron chi connectivity index (χ0n) is 13.3. The maximum atomic E-state index is 5.86.